The molecular weight excluding hydrogens is 346 g/mol. The molecule has 1 atom stereocenters. The smallest absolute Gasteiger partial charge is 0.246 e. The lowest BCUT2D eigenvalue weighted by molar-refractivity contribution is -0.127. The molecule has 1 amide bonds. The summed E-state index contributed by atoms with van der Waals surface area (Å²) in [5, 5.41) is 7.71. The maximum Gasteiger partial charge on any atom is 0.246 e. The lowest BCUT2D eigenvalue weighted by Gasteiger charge is -2.38. The third-order valence-corrected chi connectivity index (χ3v) is 4.85. The molecule has 4 rings (SSSR count). The summed E-state index contributed by atoms with van der Waals surface area (Å²) in [7, 11) is 2.00. The van der Waals surface area contributed by atoms with Gasteiger partial charge in [-0.15, -0.1) is 0 Å². The van der Waals surface area contributed by atoms with E-state index < -0.39 is 0 Å². The highest BCUT2D eigenvalue weighted by molar-refractivity contribution is 5.89. The van der Waals surface area contributed by atoms with Crippen molar-refractivity contribution >= 4 is 34.4 Å². The predicted octanol–water partition coefficient (Wildman–Crippen LogP) is 2.30. The van der Waals surface area contributed by atoms with E-state index in [1.54, 1.807) is 6.20 Å². The van der Waals surface area contributed by atoms with Crippen LogP contribution in [0.15, 0.2) is 41.9 Å². The van der Waals surface area contributed by atoms with Crippen LogP contribution in [-0.2, 0) is 4.79 Å². The number of likely N-dealkylation sites (N-methyl/N-ethyl adjacent to an activating group) is 1. The number of rotatable bonds is 5. The summed E-state index contributed by atoms with van der Waals surface area (Å²) in [5.74, 6) is 1.22. The molecule has 3 aromatic heterocycles. The van der Waals surface area contributed by atoms with Crippen molar-refractivity contribution in [2.75, 3.05) is 30.4 Å². The fraction of sp³-hybridized carbons (Fsp3) is 0.333. The summed E-state index contributed by atoms with van der Waals surface area (Å²) in [6.45, 7) is 5.00. The van der Waals surface area contributed by atoms with Crippen LogP contribution >= 0.6 is 0 Å². The van der Waals surface area contributed by atoms with Crippen molar-refractivity contribution in [3.63, 3.8) is 0 Å². The molecule has 2 N–H and O–H groups in total. The van der Waals surface area contributed by atoms with Crippen LogP contribution in [0.3, 0.4) is 0 Å². The number of amides is 1. The topological polar surface area (TPSA) is 103 Å². The van der Waals surface area contributed by atoms with Gasteiger partial charge in [0.1, 0.15) is 23.4 Å². The monoisotopic (exact) mass is 367 g/mol. The van der Waals surface area contributed by atoms with E-state index in [1.807, 2.05) is 24.2 Å². The zero-order valence-electron chi connectivity index (χ0n) is 15.1. The van der Waals surface area contributed by atoms with Crippen LogP contribution in [-0.4, -0.2) is 57.1 Å². The maximum atomic E-state index is 12.0. The molecule has 27 heavy (non-hydrogen) atoms. The Morgan fingerprint density at radius 3 is 3.19 bits per heavy atom. The second-order valence-corrected chi connectivity index (χ2v) is 6.54. The number of hydrogen-bond acceptors (Lipinski definition) is 7. The Labute approximate surface area is 156 Å². The molecule has 0 aromatic carbocycles. The number of fused-ring (bicyclic) bond motifs is 1. The fourth-order valence-corrected chi connectivity index (χ4v) is 3.42. The van der Waals surface area contributed by atoms with Gasteiger partial charge in [-0.2, -0.15) is 9.97 Å². The van der Waals surface area contributed by atoms with Crippen LogP contribution in [0.25, 0.3) is 11.0 Å². The van der Waals surface area contributed by atoms with Crippen LogP contribution in [0.4, 0.5) is 17.5 Å². The summed E-state index contributed by atoms with van der Waals surface area (Å²) < 4.78 is 4.85. The van der Waals surface area contributed by atoms with E-state index in [4.69, 9.17) is 9.51 Å². The van der Waals surface area contributed by atoms with E-state index in [0.717, 1.165) is 36.2 Å². The highest BCUT2D eigenvalue weighted by Crippen LogP contribution is 2.28. The molecule has 1 aliphatic heterocycles. The Balaban J connectivity index is 1.64. The molecule has 1 unspecified atom stereocenters. The lowest BCUT2D eigenvalue weighted by atomic mass is 10.0. The Kier molecular flexibility index (Phi) is 4.49. The minimum absolute atomic E-state index is 0.0302. The van der Waals surface area contributed by atoms with Gasteiger partial charge in [0.05, 0.1) is 11.6 Å². The molecule has 0 bridgehead atoms. The SMILES string of the molecule is C=CC(=O)N1CCCC(N(C)c2nc(Nc3cnoc3)nc3[nH]ccc23)C1. The summed E-state index contributed by atoms with van der Waals surface area (Å²) in [6.07, 6.45) is 8.20. The maximum absolute atomic E-state index is 12.0. The predicted molar refractivity (Wildman–Crippen MR) is 102 cm³/mol. The first kappa shape index (κ1) is 17.1. The molecule has 9 heteroatoms. The minimum atomic E-state index is -0.0302. The van der Waals surface area contributed by atoms with E-state index >= 15 is 0 Å². The Morgan fingerprint density at radius 2 is 2.41 bits per heavy atom. The standard InChI is InChI=1S/C18H21N7O2/c1-3-15(26)25-8-4-5-13(10-25)24(2)17-14-6-7-19-16(14)22-18(23-17)21-12-9-20-27-11-12/h3,6-7,9,11,13H,1,4-5,8,10H2,2H3,(H2,19,21,22,23). The van der Waals surface area contributed by atoms with Crippen LogP contribution in [0, 0.1) is 0 Å². The highest BCUT2D eigenvalue weighted by atomic mass is 16.5. The first-order chi connectivity index (χ1) is 13.2. The first-order valence-electron chi connectivity index (χ1n) is 8.81. The number of aromatic nitrogens is 4. The van der Waals surface area contributed by atoms with Crippen LogP contribution in [0.5, 0.6) is 0 Å². The molecule has 0 radical (unpaired) electrons. The molecule has 0 saturated carbocycles. The number of aromatic amines is 1. The number of H-pyrrole nitrogens is 1. The first-order valence-corrected chi connectivity index (χ1v) is 8.81. The van der Waals surface area contributed by atoms with Crippen LogP contribution in [0.1, 0.15) is 12.8 Å². The second kappa shape index (κ2) is 7.10. The largest absolute Gasteiger partial charge is 0.363 e. The van der Waals surface area contributed by atoms with Crippen molar-refractivity contribution < 1.29 is 9.32 Å². The van der Waals surface area contributed by atoms with E-state index in [2.05, 4.69) is 31.9 Å². The minimum Gasteiger partial charge on any atom is -0.363 e. The van der Waals surface area contributed by atoms with Gasteiger partial charge < -0.3 is 24.6 Å². The number of carbonyl (C=O) groups is 1. The van der Waals surface area contributed by atoms with Crippen LogP contribution in [0.2, 0.25) is 0 Å². The van der Waals surface area contributed by atoms with Crippen molar-refractivity contribution in [1.82, 2.24) is 25.0 Å². The fourth-order valence-electron chi connectivity index (χ4n) is 3.42. The van der Waals surface area contributed by atoms with Crippen LogP contribution < -0.4 is 10.2 Å². The van der Waals surface area contributed by atoms with Crippen molar-refractivity contribution in [2.45, 2.75) is 18.9 Å². The van der Waals surface area contributed by atoms with Crippen molar-refractivity contribution in [2.24, 2.45) is 0 Å². The van der Waals surface area contributed by atoms with Gasteiger partial charge in [0.15, 0.2) is 0 Å². The summed E-state index contributed by atoms with van der Waals surface area (Å²) in [5.41, 5.74) is 1.41. The van der Waals surface area contributed by atoms with Gasteiger partial charge in [0.2, 0.25) is 11.9 Å². The van der Waals surface area contributed by atoms with Gasteiger partial charge in [-0.3, -0.25) is 4.79 Å². The van der Waals surface area contributed by atoms with Crippen molar-refractivity contribution in [3.8, 4) is 0 Å². The zero-order valence-corrected chi connectivity index (χ0v) is 15.1. The molecule has 1 aliphatic rings. The molecule has 1 saturated heterocycles. The summed E-state index contributed by atoms with van der Waals surface area (Å²) in [6, 6.07) is 2.12. The Morgan fingerprint density at radius 1 is 1.52 bits per heavy atom. The molecule has 9 nitrogen and oxygen atoms in total. The number of carbonyl (C=O) groups excluding carboxylic acids is 1. The van der Waals surface area contributed by atoms with Gasteiger partial charge in [-0.25, -0.2) is 0 Å². The van der Waals surface area contributed by atoms with Crippen molar-refractivity contribution in [1.29, 1.82) is 0 Å². The molecule has 0 spiro atoms. The second-order valence-electron chi connectivity index (χ2n) is 6.54. The van der Waals surface area contributed by atoms with Crippen molar-refractivity contribution in [3.05, 3.63) is 37.4 Å². The van der Waals surface area contributed by atoms with Gasteiger partial charge >= 0.3 is 0 Å². The number of anilines is 3. The quantitative estimate of drug-likeness (QED) is 0.667. The van der Waals surface area contributed by atoms with E-state index in [9.17, 15) is 4.79 Å². The Hall–Kier alpha value is -3.36. The summed E-state index contributed by atoms with van der Waals surface area (Å²) >= 11 is 0. The molecule has 3 aromatic rings. The number of nitrogens with one attached hydrogen (secondary N) is 2. The van der Waals surface area contributed by atoms with Gasteiger partial charge in [-0.1, -0.05) is 11.7 Å². The van der Waals surface area contributed by atoms with E-state index in [-0.39, 0.29) is 11.9 Å². The van der Waals surface area contributed by atoms with Gasteiger partial charge in [0.25, 0.3) is 0 Å². The van der Waals surface area contributed by atoms with E-state index in [1.165, 1.54) is 12.3 Å². The number of likely N-dealkylation sites (tertiary alicyclic amines) is 1. The third-order valence-electron chi connectivity index (χ3n) is 4.85. The number of piperidine rings is 1. The van der Waals surface area contributed by atoms with Gasteiger partial charge in [-0.05, 0) is 25.0 Å². The van der Waals surface area contributed by atoms with E-state index in [0.29, 0.717) is 18.2 Å². The molecule has 140 valence electrons. The Bertz CT molecular complexity index is 950. The number of nitrogens with zero attached hydrogens (tertiary/aromatic N) is 5. The average molecular weight is 367 g/mol. The highest BCUT2D eigenvalue weighted by Gasteiger charge is 2.27. The zero-order chi connectivity index (χ0) is 18.8. The van der Waals surface area contributed by atoms with Gasteiger partial charge in [0, 0.05) is 32.4 Å². The third kappa shape index (κ3) is 3.35. The molecule has 0 aliphatic carbocycles. The normalized spacial score (nSPS) is 17.1. The molecular formula is C18H21N7O2. The number of hydrogen-bond donors (Lipinski definition) is 2. The lowest BCUT2D eigenvalue weighted by Crippen LogP contribution is -2.48. The summed E-state index contributed by atoms with van der Waals surface area (Å²) in [4.78, 5) is 28.3. The molecule has 4 heterocycles. The average Bonchev–Trinajstić information content (AvgIpc) is 3.38. The molecule has 1 fully saturated rings.